The van der Waals surface area contributed by atoms with Crippen molar-refractivity contribution in [3.8, 4) is 0 Å². The number of piperidine rings is 1. The Morgan fingerprint density at radius 2 is 1.83 bits per heavy atom. The Hall–Kier alpha value is -2.64. The molecule has 0 radical (unpaired) electrons. The van der Waals surface area contributed by atoms with Crippen LogP contribution in [0.4, 0.5) is 11.4 Å². The van der Waals surface area contributed by atoms with E-state index in [1.54, 1.807) is 24.0 Å². The van der Waals surface area contributed by atoms with E-state index in [0.717, 1.165) is 5.69 Å². The molecule has 0 atom stereocenters. The Morgan fingerprint density at radius 3 is 2.38 bits per heavy atom. The first kappa shape index (κ1) is 17.7. The van der Waals surface area contributed by atoms with Crippen molar-refractivity contribution in [1.29, 1.82) is 0 Å². The van der Waals surface area contributed by atoms with E-state index >= 15 is 0 Å². The van der Waals surface area contributed by atoms with Crippen LogP contribution in [0.3, 0.4) is 0 Å². The number of anilines is 1. The summed E-state index contributed by atoms with van der Waals surface area (Å²) in [4.78, 5) is 35.2. The Labute approximate surface area is 140 Å². The number of amides is 2. The van der Waals surface area contributed by atoms with Crippen LogP contribution in [0.25, 0.3) is 0 Å². The standard InChI is InChI=1S/C16H22N4O4/c1-12(21)19-10-6-13(7-11-19)16(22)18-9-8-17-14-2-4-15(5-3-14)20(23)24/h2-5,13,17H,6-11H2,1H3,(H,18,22). The molecular formula is C16H22N4O4. The van der Waals surface area contributed by atoms with Gasteiger partial charge in [-0.3, -0.25) is 19.7 Å². The Kier molecular flexibility index (Phi) is 6.11. The van der Waals surface area contributed by atoms with Gasteiger partial charge in [-0.1, -0.05) is 0 Å². The summed E-state index contributed by atoms with van der Waals surface area (Å²) in [6.07, 6.45) is 1.39. The average Bonchev–Trinajstić information content (AvgIpc) is 2.59. The molecule has 1 heterocycles. The highest BCUT2D eigenvalue weighted by molar-refractivity contribution is 5.79. The zero-order valence-electron chi connectivity index (χ0n) is 13.7. The summed E-state index contributed by atoms with van der Waals surface area (Å²) >= 11 is 0. The Morgan fingerprint density at radius 1 is 1.21 bits per heavy atom. The maximum Gasteiger partial charge on any atom is 0.269 e. The molecule has 1 aliphatic rings. The van der Waals surface area contributed by atoms with Crippen LogP contribution in [0.5, 0.6) is 0 Å². The molecule has 0 spiro atoms. The smallest absolute Gasteiger partial charge is 0.269 e. The van der Waals surface area contributed by atoms with Crippen molar-refractivity contribution in [1.82, 2.24) is 10.2 Å². The summed E-state index contributed by atoms with van der Waals surface area (Å²) in [5.41, 5.74) is 0.815. The maximum absolute atomic E-state index is 12.1. The second-order valence-corrected chi connectivity index (χ2v) is 5.80. The minimum Gasteiger partial charge on any atom is -0.383 e. The van der Waals surface area contributed by atoms with Crippen LogP contribution in [0.1, 0.15) is 19.8 Å². The van der Waals surface area contributed by atoms with Gasteiger partial charge in [-0.15, -0.1) is 0 Å². The van der Waals surface area contributed by atoms with Crippen LogP contribution < -0.4 is 10.6 Å². The third-order valence-electron chi connectivity index (χ3n) is 4.14. The lowest BCUT2D eigenvalue weighted by Gasteiger charge is -2.30. The van der Waals surface area contributed by atoms with Crippen LogP contribution in [-0.4, -0.2) is 47.8 Å². The molecule has 1 aromatic rings. The molecule has 0 aromatic heterocycles. The summed E-state index contributed by atoms with van der Waals surface area (Å²) < 4.78 is 0. The van der Waals surface area contributed by atoms with E-state index in [4.69, 9.17) is 0 Å². The predicted molar refractivity (Wildman–Crippen MR) is 89.6 cm³/mol. The lowest BCUT2D eigenvalue weighted by atomic mass is 9.96. The number of nitro benzene ring substituents is 1. The number of hydrogen-bond acceptors (Lipinski definition) is 5. The van der Waals surface area contributed by atoms with Crippen molar-refractivity contribution in [3.05, 3.63) is 34.4 Å². The fourth-order valence-electron chi connectivity index (χ4n) is 2.69. The van der Waals surface area contributed by atoms with Crippen molar-refractivity contribution in [3.63, 3.8) is 0 Å². The molecule has 1 aromatic carbocycles. The molecule has 1 fully saturated rings. The van der Waals surface area contributed by atoms with Gasteiger partial charge in [0.05, 0.1) is 4.92 Å². The third-order valence-corrected chi connectivity index (χ3v) is 4.14. The number of non-ortho nitro benzene ring substituents is 1. The first-order chi connectivity index (χ1) is 11.5. The molecule has 2 rings (SSSR count). The van der Waals surface area contributed by atoms with Crippen molar-refractivity contribution in [2.45, 2.75) is 19.8 Å². The van der Waals surface area contributed by atoms with Gasteiger partial charge < -0.3 is 15.5 Å². The van der Waals surface area contributed by atoms with Gasteiger partial charge in [0.25, 0.3) is 5.69 Å². The number of nitrogens with zero attached hydrogens (tertiary/aromatic N) is 2. The number of hydrogen-bond donors (Lipinski definition) is 2. The number of carbonyl (C=O) groups excluding carboxylic acids is 2. The largest absolute Gasteiger partial charge is 0.383 e. The fourth-order valence-corrected chi connectivity index (χ4v) is 2.69. The summed E-state index contributed by atoms with van der Waals surface area (Å²) in [6.45, 7) is 3.83. The van der Waals surface area contributed by atoms with Gasteiger partial charge in [0.1, 0.15) is 0 Å². The quantitative estimate of drug-likeness (QED) is 0.464. The summed E-state index contributed by atoms with van der Waals surface area (Å²) in [5.74, 6) is 0.0323. The third kappa shape index (κ3) is 4.94. The Balaban J connectivity index is 1.66. The number of likely N-dealkylation sites (tertiary alicyclic amines) is 1. The highest BCUT2D eigenvalue weighted by Gasteiger charge is 2.25. The van der Waals surface area contributed by atoms with Crippen LogP contribution >= 0.6 is 0 Å². The first-order valence-electron chi connectivity index (χ1n) is 7.99. The minimum absolute atomic E-state index is 0.0173. The minimum atomic E-state index is -0.443. The lowest BCUT2D eigenvalue weighted by molar-refractivity contribution is -0.384. The van der Waals surface area contributed by atoms with Gasteiger partial charge in [0.2, 0.25) is 11.8 Å². The summed E-state index contributed by atoms with van der Waals surface area (Å²) in [7, 11) is 0. The molecule has 24 heavy (non-hydrogen) atoms. The van der Waals surface area contributed by atoms with Crippen molar-refractivity contribution in [2.75, 3.05) is 31.5 Å². The molecule has 2 amide bonds. The molecule has 1 aliphatic heterocycles. The SMILES string of the molecule is CC(=O)N1CCC(C(=O)NCCNc2ccc([N+](=O)[O-])cc2)CC1. The fraction of sp³-hybridized carbons (Fsp3) is 0.500. The van der Waals surface area contributed by atoms with E-state index in [-0.39, 0.29) is 23.4 Å². The molecule has 8 nitrogen and oxygen atoms in total. The summed E-state index contributed by atoms with van der Waals surface area (Å²) in [5, 5.41) is 16.6. The normalized spacial score (nSPS) is 15.0. The van der Waals surface area contributed by atoms with E-state index in [2.05, 4.69) is 10.6 Å². The van der Waals surface area contributed by atoms with Crippen molar-refractivity contribution < 1.29 is 14.5 Å². The molecular weight excluding hydrogens is 312 g/mol. The first-order valence-corrected chi connectivity index (χ1v) is 7.99. The maximum atomic E-state index is 12.1. The van der Waals surface area contributed by atoms with E-state index in [0.29, 0.717) is 39.0 Å². The molecule has 1 saturated heterocycles. The van der Waals surface area contributed by atoms with Crippen molar-refractivity contribution in [2.24, 2.45) is 5.92 Å². The van der Waals surface area contributed by atoms with Crippen LogP contribution in [-0.2, 0) is 9.59 Å². The van der Waals surface area contributed by atoms with Gasteiger partial charge in [-0.05, 0) is 25.0 Å². The number of nitrogens with one attached hydrogen (secondary N) is 2. The van der Waals surface area contributed by atoms with E-state index < -0.39 is 4.92 Å². The number of carbonyl (C=O) groups is 2. The topological polar surface area (TPSA) is 105 Å². The van der Waals surface area contributed by atoms with E-state index in [1.165, 1.54) is 12.1 Å². The highest BCUT2D eigenvalue weighted by atomic mass is 16.6. The van der Waals surface area contributed by atoms with Crippen LogP contribution in [0.2, 0.25) is 0 Å². The molecule has 2 N–H and O–H groups in total. The predicted octanol–water partition coefficient (Wildman–Crippen LogP) is 1.38. The van der Waals surface area contributed by atoms with Gasteiger partial charge >= 0.3 is 0 Å². The highest BCUT2D eigenvalue weighted by Crippen LogP contribution is 2.17. The number of nitro groups is 1. The molecule has 0 unspecified atom stereocenters. The summed E-state index contributed by atoms with van der Waals surface area (Å²) in [6, 6.07) is 6.14. The number of rotatable bonds is 6. The Bertz CT molecular complexity index is 595. The van der Waals surface area contributed by atoms with Crippen LogP contribution in [0, 0.1) is 16.0 Å². The van der Waals surface area contributed by atoms with Gasteiger partial charge in [0, 0.05) is 56.8 Å². The second kappa shape index (κ2) is 8.28. The monoisotopic (exact) mass is 334 g/mol. The second-order valence-electron chi connectivity index (χ2n) is 5.80. The van der Waals surface area contributed by atoms with Crippen molar-refractivity contribution >= 4 is 23.2 Å². The lowest BCUT2D eigenvalue weighted by Crippen LogP contribution is -2.43. The van der Waals surface area contributed by atoms with E-state index in [9.17, 15) is 19.7 Å². The molecule has 8 heteroatoms. The van der Waals surface area contributed by atoms with E-state index in [1.807, 2.05) is 0 Å². The van der Waals surface area contributed by atoms with Gasteiger partial charge in [0.15, 0.2) is 0 Å². The molecule has 0 bridgehead atoms. The molecule has 0 aliphatic carbocycles. The van der Waals surface area contributed by atoms with Gasteiger partial charge in [-0.2, -0.15) is 0 Å². The van der Waals surface area contributed by atoms with Gasteiger partial charge in [-0.25, -0.2) is 0 Å². The number of benzene rings is 1. The van der Waals surface area contributed by atoms with Crippen LogP contribution in [0.15, 0.2) is 24.3 Å². The molecule has 130 valence electrons. The average molecular weight is 334 g/mol. The zero-order chi connectivity index (χ0) is 17.5. The molecule has 0 saturated carbocycles. The zero-order valence-corrected chi connectivity index (χ0v) is 13.7.